The van der Waals surface area contributed by atoms with Crippen molar-refractivity contribution in [2.45, 2.75) is 45.7 Å². The van der Waals surface area contributed by atoms with E-state index >= 15 is 0 Å². The van der Waals surface area contributed by atoms with E-state index in [9.17, 15) is 0 Å². The molecule has 0 aliphatic carbocycles. The third kappa shape index (κ3) is 7.76. The lowest BCUT2D eigenvalue weighted by Gasteiger charge is -2.35. The van der Waals surface area contributed by atoms with E-state index in [-0.39, 0.29) is 35.4 Å². The lowest BCUT2D eigenvalue weighted by Crippen LogP contribution is -2.46. The van der Waals surface area contributed by atoms with Crippen LogP contribution in [0.3, 0.4) is 0 Å². The number of halogens is 1. The summed E-state index contributed by atoms with van der Waals surface area (Å²) in [5.74, 6) is 2.27. The Morgan fingerprint density at radius 1 is 1.16 bits per heavy atom. The largest absolute Gasteiger partial charge is 0.443 e. The summed E-state index contributed by atoms with van der Waals surface area (Å²) < 4.78 is 11.4. The van der Waals surface area contributed by atoms with Crippen molar-refractivity contribution in [3.05, 3.63) is 53.7 Å². The van der Waals surface area contributed by atoms with Crippen LogP contribution in [0.5, 0.6) is 0 Å². The molecule has 3 rings (SSSR count). The molecule has 7 nitrogen and oxygen atoms in total. The van der Waals surface area contributed by atoms with Gasteiger partial charge in [0.1, 0.15) is 12.3 Å². The molecular formula is C23H36IN5O2. The third-order valence-corrected chi connectivity index (χ3v) is 5.14. The SMILES string of the molecule is CCNC(=NCc1ncc(C(C)(C)C)o1)NCC(c1ccccc1)N1CCOCC1.I. The Hall–Kier alpha value is -1.65. The molecule has 172 valence electrons. The van der Waals surface area contributed by atoms with E-state index in [0.29, 0.717) is 12.4 Å². The summed E-state index contributed by atoms with van der Waals surface area (Å²) in [7, 11) is 0. The molecule has 8 heteroatoms. The second kappa shape index (κ2) is 12.4. The number of rotatable bonds is 7. The number of benzene rings is 1. The van der Waals surface area contributed by atoms with E-state index in [0.717, 1.165) is 51.1 Å². The summed E-state index contributed by atoms with van der Waals surface area (Å²) in [6.45, 7) is 13.8. The lowest BCUT2D eigenvalue weighted by molar-refractivity contribution is 0.0170. The number of nitrogens with zero attached hydrogens (tertiary/aromatic N) is 3. The molecule has 0 radical (unpaired) electrons. The van der Waals surface area contributed by atoms with Crippen LogP contribution in [0.15, 0.2) is 45.9 Å². The molecule has 1 aromatic heterocycles. The second-order valence-corrected chi connectivity index (χ2v) is 8.52. The fourth-order valence-corrected chi connectivity index (χ4v) is 3.43. The number of hydrogen-bond acceptors (Lipinski definition) is 5. The van der Waals surface area contributed by atoms with Gasteiger partial charge in [-0.3, -0.25) is 4.90 Å². The highest BCUT2D eigenvalue weighted by molar-refractivity contribution is 14.0. The Labute approximate surface area is 203 Å². The van der Waals surface area contributed by atoms with Gasteiger partial charge in [-0.25, -0.2) is 9.98 Å². The molecule has 2 aromatic rings. The van der Waals surface area contributed by atoms with Crippen molar-refractivity contribution in [1.29, 1.82) is 0 Å². The summed E-state index contributed by atoms with van der Waals surface area (Å²) >= 11 is 0. The molecule has 1 saturated heterocycles. The summed E-state index contributed by atoms with van der Waals surface area (Å²) in [4.78, 5) is 11.5. The van der Waals surface area contributed by atoms with Crippen molar-refractivity contribution >= 4 is 29.9 Å². The Balaban J connectivity index is 0.00000341. The first-order valence-electron chi connectivity index (χ1n) is 10.8. The average molecular weight is 541 g/mol. The van der Waals surface area contributed by atoms with Gasteiger partial charge in [-0.1, -0.05) is 51.1 Å². The standard InChI is InChI=1S/C23H35N5O2.HI/c1-5-24-22(27-17-21-25-16-20(30-21)23(2,3)4)26-15-19(18-9-7-6-8-10-18)28-11-13-29-14-12-28;/h6-10,16,19H,5,11-15,17H2,1-4H3,(H2,24,26,27);1H. The molecule has 1 aliphatic rings. The van der Waals surface area contributed by atoms with Crippen LogP contribution in [0.4, 0.5) is 0 Å². The summed E-state index contributed by atoms with van der Waals surface area (Å²) in [5.41, 5.74) is 1.24. The van der Waals surface area contributed by atoms with E-state index in [1.807, 2.05) is 0 Å². The molecule has 1 fully saturated rings. The summed E-state index contributed by atoms with van der Waals surface area (Å²) in [6.07, 6.45) is 1.80. The van der Waals surface area contributed by atoms with Crippen LogP contribution in [-0.2, 0) is 16.7 Å². The van der Waals surface area contributed by atoms with Gasteiger partial charge in [0, 0.05) is 31.6 Å². The van der Waals surface area contributed by atoms with E-state index < -0.39 is 0 Å². The number of aliphatic imine (C=N–C) groups is 1. The topological polar surface area (TPSA) is 74.9 Å². The minimum absolute atomic E-state index is 0. The zero-order chi connectivity index (χ0) is 21.4. The highest BCUT2D eigenvalue weighted by atomic mass is 127. The lowest BCUT2D eigenvalue weighted by atomic mass is 9.94. The molecule has 1 aromatic carbocycles. The van der Waals surface area contributed by atoms with Gasteiger partial charge in [-0.05, 0) is 12.5 Å². The summed E-state index contributed by atoms with van der Waals surface area (Å²) in [6, 6.07) is 10.9. The van der Waals surface area contributed by atoms with Crippen molar-refractivity contribution < 1.29 is 9.15 Å². The number of aromatic nitrogens is 1. The van der Waals surface area contributed by atoms with Crippen LogP contribution >= 0.6 is 24.0 Å². The minimum atomic E-state index is -0.0568. The highest BCUT2D eigenvalue weighted by Crippen LogP contribution is 2.23. The maximum atomic E-state index is 5.87. The van der Waals surface area contributed by atoms with Crippen LogP contribution in [0.1, 0.15) is 51.0 Å². The van der Waals surface area contributed by atoms with Gasteiger partial charge < -0.3 is 19.8 Å². The van der Waals surface area contributed by atoms with E-state index in [1.165, 1.54) is 5.56 Å². The molecule has 2 N–H and O–H groups in total. The van der Waals surface area contributed by atoms with Gasteiger partial charge in [0.15, 0.2) is 5.96 Å². The number of guanidine groups is 1. The minimum Gasteiger partial charge on any atom is -0.443 e. The van der Waals surface area contributed by atoms with Crippen molar-refractivity contribution in [2.75, 3.05) is 39.4 Å². The molecule has 1 aliphatic heterocycles. The van der Waals surface area contributed by atoms with E-state index in [2.05, 4.69) is 83.5 Å². The van der Waals surface area contributed by atoms with E-state index in [1.54, 1.807) is 6.20 Å². The quantitative estimate of drug-likeness (QED) is 0.316. The van der Waals surface area contributed by atoms with Crippen LogP contribution in [0, 0.1) is 0 Å². The van der Waals surface area contributed by atoms with Crippen LogP contribution in [0.2, 0.25) is 0 Å². The Morgan fingerprint density at radius 3 is 2.48 bits per heavy atom. The van der Waals surface area contributed by atoms with Crippen molar-refractivity contribution in [3.8, 4) is 0 Å². The van der Waals surface area contributed by atoms with Crippen LogP contribution in [0.25, 0.3) is 0 Å². The van der Waals surface area contributed by atoms with E-state index in [4.69, 9.17) is 9.15 Å². The number of hydrogen-bond donors (Lipinski definition) is 2. The first kappa shape index (κ1) is 25.6. The third-order valence-electron chi connectivity index (χ3n) is 5.14. The maximum absolute atomic E-state index is 5.87. The zero-order valence-corrected chi connectivity index (χ0v) is 21.4. The molecule has 1 unspecified atom stereocenters. The number of nitrogens with one attached hydrogen (secondary N) is 2. The van der Waals surface area contributed by atoms with Gasteiger partial charge in [0.2, 0.25) is 5.89 Å². The highest BCUT2D eigenvalue weighted by Gasteiger charge is 2.23. The first-order valence-corrected chi connectivity index (χ1v) is 10.8. The van der Waals surface area contributed by atoms with Gasteiger partial charge >= 0.3 is 0 Å². The van der Waals surface area contributed by atoms with Gasteiger partial charge in [-0.2, -0.15) is 0 Å². The van der Waals surface area contributed by atoms with Crippen LogP contribution in [-0.4, -0.2) is 55.2 Å². The first-order chi connectivity index (χ1) is 14.5. The van der Waals surface area contributed by atoms with Crippen LogP contribution < -0.4 is 10.6 Å². The van der Waals surface area contributed by atoms with Gasteiger partial charge in [0.25, 0.3) is 0 Å². The molecule has 0 spiro atoms. The monoisotopic (exact) mass is 541 g/mol. The van der Waals surface area contributed by atoms with Gasteiger partial charge in [0.05, 0.1) is 25.5 Å². The fourth-order valence-electron chi connectivity index (χ4n) is 3.43. The number of morpholine rings is 1. The molecule has 0 saturated carbocycles. The Bertz CT molecular complexity index is 798. The molecule has 2 heterocycles. The Morgan fingerprint density at radius 2 is 1.87 bits per heavy atom. The average Bonchev–Trinajstić information content (AvgIpc) is 3.23. The smallest absolute Gasteiger partial charge is 0.216 e. The molecule has 1 atom stereocenters. The van der Waals surface area contributed by atoms with Crippen molar-refractivity contribution in [2.24, 2.45) is 4.99 Å². The Kier molecular flexibility index (Phi) is 10.2. The molecular weight excluding hydrogens is 505 g/mol. The maximum Gasteiger partial charge on any atom is 0.216 e. The predicted octanol–water partition coefficient (Wildman–Crippen LogP) is 3.72. The number of oxazole rings is 1. The van der Waals surface area contributed by atoms with Crippen molar-refractivity contribution in [1.82, 2.24) is 20.5 Å². The molecule has 0 amide bonds. The van der Waals surface area contributed by atoms with Crippen molar-refractivity contribution in [3.63, 3.8) is 0 Å². The molecule has 31 heavy (non-hydrogen) atoms. The number of ether oxygens (including phenoxy) is 1. The fraction of sp³-hybridized carbons (Fsp3) is 0.565. The normalized spacial score (nSPS) is 16.5. The predicted molar refractivity (Wildman–Crippen MR) is 135 cm³/mol. The second-order valence-electron chi connectivity index (χ2n) is 8.52. The molecule has 0 bridgehead atoms. The van der Waals surface area contributed by atoms with Gasteiger partial charge in [-0.15, -0.1) is 24.0 Å². The summed E-state index contributed by atoms with van der Waals surface area (Å²) in [5, 5.41) is 6.84. The zero-order valence-electron chi connectivity index (χ0n) is 19.1.